The Bertz CT molecular complexity index is 1230. The normalized spacial score (nSPS) is 11.0. The molecule has 2 aromatic carbocycles. The highest BCUT2D eigenvalue weighted by Crippen LogP contribution is 2.29. The second kappa shape index (κ2) is 8.21. The summed E-state index contributed by atoms with van der Waals surface area (Å²) in [6.07, 6.45) is -2.77. The van der Waals surface area contributed by atoms with E-state index in [4.69, 9.17) is 4.74 Å². The summed E-state index contributed by atoms with van der Waals surface area (Å²) in [5.41, 5.74) is 1.92. The summed E-state index contributed by atoms with van der Waals surface area (Å²) in [5.74, 6) is 6.15. The zero-order valence-electron chi connectivity index (χ0n) is 15.5. The third-order valence-electron chi connectivity index (χ3n) is 4.16. The largest absolute Gasteiger partial charge is 0.471 e. The number of fused-ring (bicyclic) bond motifs is 1. The van der Waals surface area contributed by atoms with E-state index in [1.165, 1.54) is 12.1 Å². The molecule has 4 nitrogen and oxygen atoms in total. The number of rotatable bonds is 3. The highest BCUT2D eigenvalue weighted by molar-refractivity contribution is 5.71. The topological polar surface area (TPSA) is 47.9 Å². The van der Waals surface area contributed by atoms with Crippen molar-refractivity contribution in [1.29, 1.82) is 0 Å². The van der Waals surface area contributed by atoms with Gasteiger partial charge in [0.25, 0.3) is 0 Å². The van der Waals surface area contributed by atoms with Crippen LogP contribution in [0.5, 0.6) is 5.88 Å². The van der Waals surface area contributed by atoms with Crippen LogP contribution in [0, 0.1) is 11.8 Å². The number of benzene rings is 2. The maximum atomic E-state index is 12.7. The molecule has 2 aromatic heterocycles. The van der Waals surface area contributed by atoms with Crippen LogP contribution in [-0.2, 0) is 12.8 Å². The van der Waals surface area contributed by atoms with Crippen LogP contribution in [0.3, 0.4) is 0 Å². The van der Waals surface area contributed by atoms with Crippen LogP contribution in [-0.4, -0.2) is 15.0 Å². The van der Waals surface area contributed by atoms with Crippen molar-refractivity contribution in [2.45, 2.75) is 12.8 Å². The average Bonchev–Trinajstić information content (AvgIpc) is 2.76. The van der Waals surface area contributed by atoms with Gasteiger partial charge in [0.05, 0.1) is 5.56 Å². The van der Waals surface area contributed by atoms with Crippen LogP contribution < -0.4 is 4.74 Å². The molecule has 0 fully saturated rings. The summed E-state index contributed by atoms with van der Waals surface area (Å²) in [4.78, 5) is 13.0. The first-order valence-corrected chi connectivity index (χ1v) is 8.98. The molecule has 0 bridgehead atoms. The van der Waals surface area contributed by atoms with Crippen molar-refractivity contribution in [3.8, 4) is 17.7 Å². The van der Waals surface area contributed by atoms with E-state index in [2.05, 4.69) is 26.8 Å². The molecule has 0 aliphatic heterocycles. The smallest absolute Gasteiger partial charge is 0.416 e. The quantitative estimate of drug-likeness (QED) is 0.449. The highest BCUT2D eigenvalue weighted by Gasteiger charge is 2.29. The molecule has 4 rings (SSSR count). The van der Waals surface area contributed by atoms with Crippen molar-refractivity contribution in [3.63, 3.8) is 0 Å². The molecular weight excluding hydrogens is 391 g/mol. The van der Waals surface area contributed by atoms with Gasteiger partial charge < -0.3 is 4.74 Å². The zero-order chi connectivity index (χ0) is 21.0. The minimum atomic E-state index is -4.38. The van der Waals surface area contributed by atoms with Crippen molar-refractivity contribution >= 4 is 11.2 Å². The van der Waals surface area contributed by atoms with Gasteiger partial charge in [-0.2, -0.15) is 13.2 Å². The fraction of sp³-hybridized carbons (Fsp3) is 0.0870. The Kier molecular flexibility index (Phi) is 5.31. The Labute approximate surface area is 170 Å². The van der Waals surface area contributed by atoms with Gasteiger partial charge in [-0.25, -0.2) is 15.0 Å². The van der Waals surface area contributed by atoms with Gasteiger partial charge in [0.1, 0.15) is 12.1 Å². The first-order valence-electron chi connectivity index (χ1n) is 8.98. The predicted octanol–water partition coefficient (Wildman–Crippen LogP) is 5.02. The highest BCUT2D eigenvalue weighted by atomic mass is 19.4. The Hall–Kier alpha value is -3.92. The van der Waals surface area contributed by atoms with Crippen LogP contribution in [0.15, 0.2) is 72.9 Å². The van der Waals surface area contributed by atoms with Crippen molar-refractivity contribution < 1.29 is 17.9 Å². The monoisotopic (exact) mass is 405 g/mol. The lowest BCUT2D eigenvalue weighted by Gasteiger charge is -2.10. The first-order chi connectivity index (χ1) is 14.5. The molecule has 0 saturated carbocycles. The third-order valence-corrected chi connectivity index (χ3v) is 4.16. The molecule has 148 valence electrons. The lowest BCUT2D eigenvalue weighted by molar-refractivity contribution is -0.137. The SMILES string of the molecule is FC(F)(F)c1ccc(COc2nc3cccnc3nc2C#Cc2ccccc2)cc1. The molecule has 0 atom stereocenters. The van der Waals surface area contributed by atoms with Gasteiger partial charge in [0.2, 0.25) is 5.88 Å². The Morgan fingerprint density at radius 2 is 1.60 bits per heavy atom. The molecule has 0 radical (unpaired) electrons. The van der Waals surface area contributed by atoms with Gasteiger partial charge in [-0.3, -0.25) is 0 Å². The first kappa shape index (κ1) is 19.4. The summed E-state index contributed by atoms with van der Waals surface area (Å²) < 4.78 is 43.9. The molecule has 0 saturated heterocycles. The minimum Gasteiger partial charge on any atom is -0.471 e. The number of halogens is 3. The number of alkyl halides is 3. The van der Waals surface area contributed by atoms with E-state index >= 15 is 0 Å². The van der Waals surface area contributed by atoms with Crippen molar-refractivity contribution in [3.05, 3.63) is 95.3 Å². The average molecular weight is 405 g/mol. The van der Waals surface area contributed by atoms with Gasteiger partial charge in [-0.15, -0.1) is 0 Å². The molecule has 0 spiro atoms. The zero-order valence-corrected chi connectivity index (χ0v) is 15.5. The van der Waals surface area contributed by atoms with Crippen molar-refractivity contribution in [2.75, 3.05) is 0 Å². The van der Waals surface area contributed by atoms with E-state index < -0.39 is 11.7 Å². The Balaban J connectivity index is 1.63. The molecule has 0 aliphatic rings. The summed E-state index contributed by atoms with van der Waals surface area (Å²) in [5, 5.41) is 0. The Morgan fingerprint density at radius 3 is 2.33 bits per heavy atom. The van der Waals surface area contributed by atoms with Gasteiger partial charge >= 0.3 is 6.18 Å². The van der Waals surface area contributed by atoms with E-state index in [-0.39, 0.29) is 12.5 Å². The minimum absolute atomic E-state index is 0.0264. The lowest BCUT2D eigenvalue weighted by Crippen LogP contribution is -2.06. The summed E-state index contributed by atoms with van der Waals surface area (Å²) in [7, 11) is 0. The lowest BCUT2D eigenvalue weighted by atomic mass is 10.1. The molecule has 0 N–H and O–H groups in total. The van der Waals surface area contributed by atoms with E-state index in [1.54, 1.807) is 18.3 Å². The number of nitrogens with zero attached hydrogens (tertiary/aromatic N) is 3. The van der Waals surface area contributed by atoms with Crippen LogP contribution in [0.25, 0.3) is 11.2 Å². The second-order valence-corrected chi connectivity index (χ2v) is 6.32. The summed E-state index contributed by atoms with van der Waals surface area (Å²) in [6, 6.07) is 17.6. The van der Waals surface area contributed by atoms with Gasteiger partial charge in [-0.1, -0.05) is 36.3 Å². The van der Waals surface area contributed by atoms with Crippen LogP contribution >= 0.6 is 0 Å². The van der Waals surface area contributed by atoms with Gasteiger partial charge in [0, 0.05) is 11.8 Å². The summed E-state index contributed by atoms with van der Waals surface area (Å²) in [6.45, 7) is 0.0264. The van der Waals surface area contributed by atoms with Crippen LogP contribution in [0.2, 0.25) is 0 Å². The van der Waals surface area contributed by atoms with Crippen molar-refractivity contribution in [2.24, 2.45) is 0 Å². The maximum Gasteiger partial charge on any atom is 0.416 e. The van der Waals surface area contributed by atoms with Crippen LogP contribution in [0.4, 0.5) is 13.2 Å². The molecular formula is C23H14F3N3O. The second-order valence-electron chi connectivity index (χ2n) is 6.32. The predicted molar refractivity (Wildman–Crippen MR) is 106 cm³/mol. The molecule has 0 amide bonds. The Morgan fingerprint density at radius 1 is 0.833 bits per heavy atom. The summed E-state index contributed by atoms with van der Waals surface area (Å²) >= 11 is 0. The van der Waals surface area contributed by atoms with E-state index in [1.807, 2.05) is 30.3 Å². The number of pyridine rings is 1. The molecule has 0 aliphatic carbocycles. The number of hydrogen-bond donors (Lipinski definition) is 0. The van der Waals surface area contributed by atoms with Gasteiger partial charge in [-0.05, 0) is 47.9 Å². The number of hydrogen-bond acceptors (Lipinski definition) is 4. The number of aromatic nitrogens is 3. The third kappa shape index (κ3) is 4.55. The maximum absolute atomic E-state index is 12.7. The molecule has 4 aromatic rings. The standard InChI is InChI=1S/C23H14F3N3O/c24-23(25,26)18-11-8-17(9-12-18)15-30-22-20(13-10-16-5-2-1-3-6-16)28-21-19(29-22)7-4-14-27-21/h1-9,11-12,14H,15H2. The van der Waals surface area contributed by atoms with E-state index in [0.29, 0.717) is 22.4 Å². The number of ether oxygens (including phenoxy) is 1. The van der Waals surface area contributed by atoms with Crippen LogP contribution in [0.1, 0.15) is 22.4 Å². The fourth-order valence-electron chi connectivity index (χ4n) is 2.65. The molecule has 30 heavy (non-hydrogen) atoms. The van der Waals surface area contributed by atoms with Gasteiger partial charge in [0.15, 0.2) is 11.3 Å². The van der Waals surface area contributed by atoms with E-state index in [9.17, 15) is 13.2 Å². The molecule has 2 heterocycles. The van der Waals surface area contributed by atoms with E-state index in [0.717, 1.165) is 17.7 Å². The fourth-order valence-corrected chi connectivity index (χ4v) is 2.65. The molecule has 0 unspecified atom stereocenters. The van der Waals surface area contributed by atoms with Crippen molar-refractivity contribution in [1.82, 2.24) is 15.0 Å². The molecule has 7 heteroatoms.